The highest BCUT2D eigenvalue weighted by Crippen LogP contribution is 2.30. The van der Waals surface area contributed by atoms with E-state index in [9.17, 15) is 18.0 Å². The van der Waals surface area contributed by atoms with Gasteiger partial charge in [0.25, 0.3) is 5.91 Å². The molecule has 19 heavy (non-hydrogen) atoms. The average molecular weight is 270 g/mol. The zero-order valence-corrected chi connectivity index (χ0v) is 10.1. The van der Waals surface area contributed by atoms with E-state index in [2.05, 4.69) is 0 Å². The molecule has 6 heteroatoms. The molecule has 0 aromatic heterocycles. The molecule has 1 aromatic rings. The highest BCUT2D eigenvalue weighted by atomic mass is 19.4. The molecule has 1 heterocycles. The van der Waals surface area contributed by atoms with Crippen LogP contribution in [0.15, 0.2) is 35.9 Å². The maximum atomic E-state index is 12.5. The maximum Gasteiger partial charge on any atom is 0.412 e. The molecule has 1 aliphatic heterocycles. The van der Waals surface area contributed by atoms with Gasteiger partial charge in [0, 0.05) is 29.9 Å². The summed E-state index contributed by atoms with van der Waals surface area (Å²) in [4.78, 5) is 13.4. The van der Waals surface area contributed by atoms with Crippen molar-refractivity contribution in [2.45, 2.75) is 12.6 Å². The normalized spacial score (nSPS) is 16.2. The second kappa shape index (κ2) is 4.95. The van der Waals surface area contributed by atoms with E-state index in [0.717, 1.165) is 6.08 Å². The SMILES string of the molecule is Nc1ccc(C(=O)N2CC=C(C(F)(F)F)CC2)cc1. The number of rotatable bonds is 1. The van der Waals surface area contributed by atoms with Crippen LogP contribution >= 0.6 is 0 Å². The minimum Gasteiger partial charge on any atom is -0.399 e. The number of nitrogens with two attached hydrogens (primary N) is 1. The molecular weight excluding hydrogens is 257 g/mol. The molecule has 0 saturated heterocycles. The van der Waals surface area contributed by atoms with Crippen LogP contribution in [0.2, 0.25) is 0 Å². The molecule has 0 unspecified atom stereocenters. The van der Waals surface area contributed by atoms with Crippen molar-refractivity contribution in [2.75, 3.05) is 18.8 Å². The van der Waals surface area contributed by atoms with Crippen LogP contribution in [-0.2, 0) is 0 Å². The van der Waals surface area contributed by atoms with Gasteiger partial charge in [-0.2, -0.15) is 13.2 Å². The Morgan fingerprint density at radius 2 is 1.84 bits per heavy atom. The molecule has 2 rings (SSSR count). The van der Waals surface area contributed by atoms with E-state index >= 15 is 0 Å². The van der Waals surface area contributed by atoms with E-state index < -0.39 is 11.7 Å². The molecule has 1 aromatic carbocycles. The molecule has 0 saturated carbocycles. The van der Waals surface area contributed by atoms with Crippen LogP contribution in [-0.4, -0.2) is 30.1 Å². The Balaban J connectivity index is 2.07. The number of nitrogen functional groups attached to an aromatic ring is 1. The van der Waals surface area contributed by atoms with Gasteiger partial charge in [-0.25, -0.2) is 0 Å². The first-order valence-electron chi connectivity index (χ1n) is 5.79. The highest BCUT2D eigenvalue weighted by molar-refractivity contribution is 5.94. The Kier molecular flexibility index (Phi) is 3.50. The smallest absolute Gasteiger partial charge is 0.399 e. The monoisotopic (exact) mass is 270 g/mol. The van der Waals surface area contributed by atoms with E-state index in [1.807, 2.05) is 0 Å². The molecule has 0 bridgehead atoms. The van der Waals surface area contributed by atoms with Crippen molar-refractivity contribution in [2.24, 2.45) is 0 Å². The van der Waals surface area contributed by atoms with Gasteiger partial charge in [-0.15, -0.1) is 0 Å². The summed E-state index contributed by atoms with van der Waals surface area (Å²) in [5.41, 5.74) is 5.92. The summed E-state index contributed by atoms with van der Waals surface area (Å²) in [6, 6.07) is 6.32. The number of amides is 1. The Bertz CT molecular complexity index is 506. The van der Waals surface area contributed by atoms with Crippen LogP contribution in [0.4, 0.5) is 18.9 Å². The Morgan fingerprint density at radius 1 is 1.21 bits per heavy atom. The fourth-order valence-electron chi connectivity index (χ4n) is 1.92. The van der Waals surface area contributed by atoms with Crippen molar-refractivity contribution in [3.63, 3.8) is 0 Å². The molecule has 1 aliphatic rings. The Morgan fingerprint density at radius 3 is 2.32 bits per heavy atom. The molecule has 0 fully saturated rings. The van der Waals surface area contributed by atoms with Gasteiger partial charge in [0.1, 0.15) is 0 Å². The van der Waals surface area contributed by atoms with Gasteiger partial charge in [-0.1, -0.05) is 6.08 Å². The van der Waals surface area contributed by atoms with Crippen LogP contribution in [0.5, 0.6) is 0 Å². The van der Waals surface area contributed by atoms with E-state index in [1.54, 1.807) is 24.3 Å². The Labute approximate surface area is 108 Å². The van der Waals surface area contributed by atoms with E-state index in [0.29, 0.717) is 11.3 Å². The topological polar surface area (TPSA) is 46.3 Å². The third-order valence-corrected chi connectivity index (χ3v) is 3.02. The summed E-state index contributed by atoms with van der Waals surface area (Å²) in [7, 11) is 0. The van der Waals surface area contributed by atoms with Crippen molar-refractivity contribution in [1.29, 1.82) is 0 Å². The number of hydrogen-bond acceptors (Lipinski definition) is 2. The van der Waals surface area contributed by atoms with E-state index in [1.165, 1.54) is 4.90 Å². The molecule has 3 nitrogen and oxygen atoms in total. The largest absolute Gasteiger partial charge is 0.412 e. The zero-order chi connectivity index (χ0) is 14.0. The molecule has 0 radical (unpaired) electrons. The third kappa shape index (κ3) is 3.07. The second-order valence-corrected chi connectivity index (χ2v) is 4.35. The van der Waals surface area contributed by atoms with Gasteiger partial charge in [0.2, 0.25) is 0 Å². The van der Waals surface area contributed by atoms with Crippen LogP contribution in [0.25, 0.3) is 0 Å². The van der Waals surface area contributed by atoms with E-state index in [4.69, 9.17) is 5.73 Å². The molecule has 1 amide bonds. The third-order valence-electron chi connectivity index (χ3n) is 3.02. The molecular formula is C13H13F3N2O. The lowest BCUT2D eigenvalue weighted by atomic mass is 10.1. The first-order valence-corrected chi connectivity index (χ1v) is 5.79. The lowest BCUT2D eigenvalue weighted by Crippen LogP contribution is -2.36. The summed E-state index contributed by atoms with van der Waals surface area (Å²) < 4.78 is 37.4. The summed E-state index contributed by atoms with van der Waals surface area (Å²) in [6.07, 6.45) is -3.39. The molecule has 2 N–H and O–H groups in total. The maximum absolute atomic E-state index is 12.5. The van der Waals surface area contributed by atoms with Gasteiger partial charge in [0.15, 0.2) is 0 Å². The lowest BCUT2D eigenvalue weighted by molar-refractivity contribution is -0.0957. The standard InChI is InChI=1S/C13H13F3N2O/c14-13(15,16)10-5-7-18(8-6-10)12(19)9-1-3-11(17)4-2-9/h1-5H,6-8,17H2. The minimum atomic E-state index is -4.30. The molecule has 102 valence electrons. The number of carbonyl (C=O) groups is 1. The number of hydrogen-bond donors (Lipinski definition) is 1. The molecule has 0 spiro atoms. The number of carbonyl (C=O) groups excluding carboxylic acids is 1. The van der Waals surface area contributed by atoms with Crippen LogP contribution in [0.1, 0.15) is 16.8 Å². The van der Waals surface area contributed by atoms with Crippen LogP contribution < -0.4 is 5.73 Å². The fourth-order valence-corrected chi connectivity index (χ4v) is 1.92. The van der Waals surface area contributed by atoms with Gasteiger partial charge in [-0.3, -0.25) is 4.79 Å². The van der Waals surface area contributed by atoms with Crippen LogP contribution in [0, 0.1) is 0 Å². The summed E-state index contributed by atoms with van der Waals surface area (Å²) in [5.74, 6) is -0.280. The average Bonchev–Trinajstić information content (AvgIpc) is 2.38. The summed E-state index contributed by atoms with van der Waals surface area (Å²) in [6.45, 7) is 0.0621. The first-order chi connectivity index (χ1) is 8.88. The number of benzene rings is 1. The summed E-state index contributed by atoms with van der Waals surface area (Å²) in [5, 5.41) is 0. The Hall–Kier alpha value is -1.98. The number of alkyl halides is 3. The number of halogens is 3. The number of anilines is 1. The molecule has 0 aliphatic carbocycles. The highest BCUT2D eigenvalue weighted by Gasteiger charge is 2.35. The van der Waals surface area contributed by atoms with Crippen molar-refractivity contribution in [3.05, 3.63) is 41.5 Å². The van der Waals surface area contributed by atoms with Crippen molar-refractivity contribution < 1.29 is 18.0 Å². The van der Waals surface area contributed by atoms with Gasteiger partial charge in [0.05, 0.1) is 0 Å². The van der Waals surface area contributed by atoms with E-state index in [-0.39, 0.29) is 25.4 Å². The minimum absolute atomic E-state index is 0.0158. The van der Waals surface area contributed by atoms with Crippen molar-refractivity contribution >= 4 is 11.6 Å². The van der Waals surface area contributed by atoms with Gasteiger partial charge in [-0.05, 0) is 30.7 Å². The fraction of sp³-hybridized carbons (Fsp3) is 0.308. The lowest BCUT2D eigenvalue weighted by Gasteiger charge is -2.27. The molecule has 0 atom stereocenters. The van der Waals surface area contributed by atoms with Crippen molar-refractivity contribution in [1.82, 2.24) is 4.90 Å². The predicted octanol–water partition coefficient (Wildman–Crippen LogP) is 2.60. The second-order valence-electron chi connectivity index (χ2n) is 4.35. The van der Waals surface area contributed by atoms with Gasteiger partial charge >= 0.3 is 6.18 Å². The predicted molar refractivity (Wildman–Crippen MR) is 65.5 cm³/mol. The van der Waals surface area contributed by atoms with Crippen molar-refractivity contribution in [3.8, 4) is 0 Å². The quantitative estimate of drug-likeness (QED) is 0.630. The zero-order valence-electron chi connectivity index (χ0n) is 10.1. The van der Waals surface area contributed by atoms with Crippen LogP contribution in [0.3, 0.4) is 0 Å². The summed E-state index contributed by atoms with van der Waals surface area (Å²) >= 11 is 0. The first kappa shape index (κ1) is 13.5. The van der Waals surface area contributed by atoms with Gasteiger partial charge < -0.3 is 10.6 Å². The number of nitrogens with zero attached hydrogens (tertiary/aromatic N) is 1.